The molecule has 1 saturated carbocycles. The van der Waals surface area contributed by atoms with E-state index in [9.17, 15) is 13.5 Å². The number of aliphatic hydroxyl groups excluding tert-OH is 1. The van der Waals surface area contributed by atoms with Gasteiger partial charge in [-0.15, -0.1) is 0 Å². The molecule has 98 valence electrons. The molecule has 0 aromatic carbocycles. The Balaban J connectivity index is 2.88. The molecule has 5 nitrogen and oxygen atoms in total. The lowest BCUT2D eigenvalue weighted by molar-refractivity contribution is 0.0636. The summed E-state index contributed by atoms with van der Waals surface area (Å²) >= 11 is 0. The number of nitriles is 1. The molecule has 1 N–H and O–H groups in total. The molecule has 0 amide bonds. The van der Waals surface area contributed by atoms with Gasteiger partial charge in [-0.25, -0.2) is 8.42 Å². The van der Waals surface area contributed by atoms with Gasteiger partial charge in [0, 0.05) is 7.05 Å². The highest BCUT2D eigenvalue weighted by Gasteiger charge is 2.37. The Morgan fingerprint density at radius 3 is 2.53 bits per heavy atom. The fraction of sp³-hybridized carbons (Fsp3) is 0.909. The maximum absolute atomic E-state index is 12.1. The number of aliphatic hydroxyl groups is 1. The fourth-order valence-corrected chi connectivity index (χ4v) is 3.85. The number of sulfonamides is 1. The molecule has 6 heteroatoms. The highest BCUT2D eigenvalue weighted by molar-refractivity contribution is 7.90. The van der Waals surface area contributed by atoms with Crippen LogP contribution in [0.1, 0.15) is 39.0 Å². The van der Waals surface area contributed by atoms with Gasteiger partial charge in [-0.1, -0.05) is 19.8 Å². The second-order valence-electron chi connectivity index (χ2n) is 4.51. The lowest BCUT2D eigenvalue weighted by Crippen LogP contribution is -2.48. The maximum Gasteiger partial charge on any atom is 0.230 e. The van der Waals surface area contributed by atoms with Crippen LogP contribution in [-0.2, 0) is 10.0 Å². The number of hydrogen-bond donors (Lipinski definition) is 1. The molecule has 1 rings (SSSR count). The van der Waals surface area contributed by atoms with Crippen LogP contribution in [0.15, 0.2) is 0 Å². The molecular formula is C11H20N2O3S. The Morgan fingerprint density at radius 1 is 1.47 bits per heavy atom. The number of nitrogens with zero attached hydrogens (tertiary/aromatic N) is 2. The third-order valence-electron chi connectivity index (χ3n) is 3.44. The highest BCUT2D eigenvalue weighted by atomic mass is 32.2. The van der Waals surface area contributed by atoms with Gasteiger partial charge in [0.25, 0.3) is 0 Å². The second kappa shape index (κ2) is 5.80. The van der Waals surface area contributed by atoms with Crippen LogP contribution in [0.25, 0.3) is 0 Å². The van der Waals surface area contributed by atoms with Crippen LogP contribution in [-0.4, -0.2) is 42.3 Å². The van der Waals surface area contributed by atoms with Crippen molar-refractivity contribution in [3.05, 3.63) is 0 Å². The molecule has 0 aliphatic heterocycles. The van der Waals surface area contributed by atoms with Gasteiger partial charge in [-0.2, -0.15) is 9.57 Å². The van der Waals surface area contributed by atoms with Gasteiger partial charge in [0.15, 0.2) is 5.25 Å². The molecule has 0 saturated heterocycles. The summed E-state index contributed by atoms with van der Waals surface area (Å²) in [6.45, 7) is 1.68. The van der Waals surface area contributed by atoms with Gasteiger partial charge in [-0.05, 0) is 19.3 Å². The van der Waals surface area contributed by atoms with Gasteiger partial charge in [0.1, 0.15) is 0 Å². The van der Waals surface area contributed by atoms with E-state index in [4.69, 9.17) is 5.26 Å². The van der Waals surface area contributed by atoms with E-state index in [1.807, 2.05) is 6.07 Å². The van der Waals surface area contributed by atoms with E-state index in [0.29, 0.717) is 12.8 Å². The number of hydrogen-bond acceptors (Lipinski definition) is 4. The molecule has 1 aliphatic rings. The molecule has 0 bridgehead atoms. The maximum atomic E-state index is 12.1. The zero-order valence-electron chi connectivity index (χ0n) is 10.3. The van der Waals surface area contributed by atoms with E-state index >= 15 is 0 Å². The minimum Gasteiger partial charge on any atom is -0.391 e. The normalized spacial score (nSPS) is 27.7. The summed E-state index contributed by atoms with van der Waals surface area (Å²) in [5.41, 5.74) is 0. The van der Waals surface area contributed by atoms with Crippen molar-refractivity contribution in [2.45, 2.75) is 56.4 Å². The van der Waals surface area contributed by atoms with Crippen LogP contribution in [0.3, 0.4) is 0 Å². The molecule has 0 aromatic heterocycles. The lowest BCUT2D eigenvalue weighted by atomic mass is 9.93. The zero-order valence-corrected chi connectivity index (χ0v) is 11.2. The minimum absolute atomic E-state index is 0.270. The van der Waals surface area contributed by atoms with Crippen molar-refractivity contribution in [2.75, 3.05) is 7.05 Å². The molecule has 1 fully saturated rings. The molecule has 0 spiro atoms. The van der Waals surface area contributed by atoms with Crippen LogP contribution in [0.4, 0.5) is 0 Å². The number of likely N-dealkylation sites (N-methyl/N-ethyl adjacent to an activating group) is 1. The number of rotatable bonds is 4. The first-order valence-corrected chi connectivity index (χ1v) is 7.50. The van der Waals surface area contributed by atoms with E-state index < -0.39 is 21.4 Å². The molecular weight excluding hydrogens is 240 g/mol. The van der Waals surface area contributed by atoms with Crippen molar-refractivity contribution in [3.8, 4) is 6.07 Å². The molecule has 17 heavy (non-hydrogen) atoms. The zero-order chi connectivity index (χ0) is 13.1. The molecule has 0 aromatic rings. The SMILES string of the molecule is CCC(C#N)S(=O)(=O)N(C)C1CCCCC1O. The van der Waals surface area contributed by atoms with E-state index in [2.05, 4.69) is 0 Å². The van der Waals surface area contributed by atoms with Crippen LogP contribution >= 0.6 is 0 Å². The van der Waals surface area contributed by atoms with Gasteiger partial charge < -0.3 is 5.11 Å². The predicted molar refractivity (Wildman–Crippen MR) is 64.6 cm³/mol. The van der Waals surface area contributed by atoms with Crippen molar-refractivity contribution in [3.63, 3.8) is 0 Å². The second-order valence-corrected chi connectivity index (χ2v) is 6.68. The van der Waals surface area contributed by atoms with E-state index in [1.165, 1.54) is 11.4 Å². The average molecular weight is 260 g/mol. The van der Waals surface area contributed by atoms with Crippen LogP contribution in [0.5, 0.6) is 0 Å². The van der Waals surface area contributed by atoms with Crippen molar-refractivity contribution < 1.29 is 13.5 Å². The molecule has 1 aliphatic carbocycles. The van der Waals surface area contributed by atoms with Crippen molar-refractivity contribution in [2.24, 2.45) is 0 Å². The Kier molecular flexibility index (Phi) is 4.92. The summed E-state index contributed by atoms with van der Waals surface area (Å²) < 4.78 is 25.5. The Morgan fingerprint density at radius 2 is 2.06 bits per heavy atom. The Bertz CT molecular complexity index is 388. The third kappa shape index (κ3) is 2.97. The van der Waals surface area contributed by atoms with Crippen LogP contribution < -0.4 is 0 Å². The first kappa shape index (κ1) is 14.4. The Hall–Kier alpha value is -0.640. The fourth-order valence-electron chi connectivity index (χ4n) is 2.27. The van der Waals surface area contributed by atoms with Gasteiger partial charge >= 0.3 is 0 Å². The highest BCUT2D eigenvalue weighted by Crippen LogP contribution is 2.25. The van der Waals surface area contributed by atoms with E-state index in [0.717, 1.165) is 12.8 Å². The predicted octanol–water partition coefficient (Wildman–Crippen LogP) is 0.854. The van der Waals surface area contributed by atoms with Gasteiger partial charge in [0.2, 0.25) is 10.0 Å². The van der Waals surface area contributed by atoms with E-state index in [1.54, 1.807) is 6.92 Å². The topological polar surface area (TPSA) is 81.4 Å². The van der Waals surface area contributed by atoms with Crippen molar-refractivity contribution >= 4 is 10.0 Å². The minimum atomic E-state index is -3.62. The summed E-state index contributed by atoms with van der Waals surface area (Å²) in [5.74, 6) is 0. The van der Waals surface area contributed by atoms with Crippen LogP contribution in [0, 0.1) is 11.3 Å². The van der Waals surface area contributed by atoms with Gasteiger partial charge in [0.05, 0.1) is 18.2 Å². The molecule has 3 atom stereocenters. The summed E-state index contributed by atoms with van der Waals surface area (Å²) in [4.78, 5) is 0. The molecule has 0 radical (unpaired) electrons. The largest absolute Gasteiger partial charge is 0.391 e. The summed E-state index contributed by atoms with van der Waals surface area (Å²) in [7, 11) is -2.15. The smallest absolute Gasteiger partial charge is 0.230 e. The summed E-state index contributed by atoms with van der Waals surface area (Å²) in [5, 5.41) is 17.7. The van der Waals surface area contributed by atoms with Crippen molar-refractivity contribution in [1.82, 2.24) is 4.31 Å². The average Bonchev–Trinajstić information content (AvgIpc) is 2.30. The Labute approximate surface area is 103 Å². The molecule has 3 unspecified atom stereocenters. The quantitative estimate of drug-likeness (QED) is 0.812. The lowest BCUT2D eigenvalue weighted by Gasteiger charge is -2.35. The van der Waals surface area contributed by atoms with Crippen LogP contribution in [0.2, 0.25) is 0 Å². The summed E-state index contributed by atoms with van der Waals surface area (Å²) in [6.07, 6.45) is 2.81. The van der Waals surface area contributed by atoms with Crippen molar-refractivity contribution in [1.29, 1.82) is 5.26 Å². The first-order chi connectivity index (χ1) is 7.95. The molecule has 0 heterocycles. The summed E-state index contributed by atoms with van der Waals surface area (Å²) in [6, 6.07) is 1.44. The van der Waals surface area contributed by atoms with Gasteiger partial charge in [-0.3, -0.25) is 0 Å². The standard InChI is InChI=1S/C11H20N2O3S/c1-3-9(8-12)17(15,16)13(2)10-6-4-5-7-11(10)14/h9-11,14H,3-7H2,1-2H3. The van der Waals surface area contributed by atoms with E-state index in [-0.39, 0.29) is 12.5 Å². The monoisotopic (exact) mass is 260 g/mol. The first-order valence-electron chi connectivity index (χ1n) is 5.99. The third-order valence-corrected chi connectivity index (χ3v) is 5.67.